The molecule has 0 radical (unpaired) electrons. The van der Waals surface area contributed by atoms with Crippen molar-refractivity contribution in [2.45, 2.75) is 49.0 Å². The van der Waals surface area contributed by atoms with E-state index < -0.39 is 9.84 Å². The average Bonchev–Trinajstić information content (AvgIpc) is 3.37. The zero-order valence-electron chi connectivity index (χ0n) is 15.1. The van der Waals surface area contributed by atoms with Crippen molar-refractivity contribution in [1.82, 2.24) is 0 Å². The van der Waals surface area contributed by atoms with Crippen LogP contribution in [0.2, 0.25) is 0 Å². The van der Waals surface area contributed by atoms with Gasteiger partial charge in [0.25, 0.3) is 0 Å². The molecule has 1 heterocycles. The third-order valence-electron chi connectivity index (χ3n) is 4.28. The van der Waals surface area contributed by atoms with E-state index in [1.807, 2.05) is 39.8 Å². The van der Waals surface area contributed by atoms with Gasteiger partial charge in [-0.2, -0.15) is 0 Å². The fourth-order valence-electron chi connectivity index (χ4n) is 2.70. The summed E-state index contributed by atoms with van der Waals surface area (Å²) in [6.07, 6.45) is 0.126. The molecule has 0 aromatic heterocycles. The van der Waals surface area contributed by atoms with Crippen LogP contribution in [-0.4, -0.2) is 27.7 Å². The first-order valence-electron chi connectivity index (χ1n) is 8.39. The Morgan fingerprint density at radius 1 is 1.16 bits per heavy atom. The zero-order valence-corrected chi connectivity index (χ0v) is 15.9. The van der Waals surface area contributed by atoms with Crippen molar-refractivity contribution in [3.05, 3.63) is 53.6 Å². The normalized spacial score (nSPS) is 17.4. The molecule has 0 N–H and O–H groups in total. The average molecular weight is 360 g/mol. The van der Waals surface area contributed by atoms with E-state index in [9.17, 15) is 8.42 Å². The molecule has 1 saturated heterocycles. The summed E-state index contributed by atoms with van der Waals surface area (Å²) in [4.78, 5) is 0.601. The van der Waals surface area contributed by atoms with Gasteiger partial charge in [0.2, 0.25) is 9.84 Å². The number of hydrogen-bond donors (Lipinski definition) is 0. The van der Waals surface area contributed by atoms with Crippen LogP contribution in [0.4, 0.5) is 0 Å². The molecular weight excluding hydrogens is 336 g/mol. The zero-order chi connectivity index (χ0) is 18.2. The molecule has 1 aliphatic rings. The molecule has 0 amide bonds. The number of sulfone groups is 1. The molecule has 4 nitrogen and oxygen atoms in total. The van der Waals surface area contributed by atoms with Gasteiger partial charge in [-0.15, -0.1) is 0 Å². The highest BCUT2D eigenvalue weighted by atomic mass is 32.2. The van der Waals surface area contributed by atoms with Crippen LogP contribution >= 0.6 is 0 Å². The molecule has 2 aromatic rings. The minimum Gasteiger partial charge on any atom is -0.490 e. The Kier molecular flexibility index (Phi) is 4.64. The standard InChI is InChI=1S/C20H24O4S/c1-14-9-10-16(11-18(14)24-13-15-12-23-15)25(21,22)19-8-6-5-7-17(19)20(2,3)4/h5-11,15H,12-13H2,1-4H3. The summed E-state index contributed by atoms with van der Waals surface area (Å²) in [5, 5.41) is 0. The van der Waals surface area contributed by atoms with Crippen LogP contribution in [0.1, 0.15) is 31.9 Å². The van der Waals surface area contributed by atoms with E-state index in [1.165, 1.54) is 0 Å². The van der Waals surface area contributed by atoms with Crippen LogP contribution < -0.4 is 4.74 Å². The predicted octanol–water partition coefficient (Wildman–Crippen LogP) is 3.90. The van der Waals surface area contributed by atoms with Crippen molar-refractivity contribution in [2.24, 2.45) is 0 Å². The molecule has 1 aliphatic heterocycles. The minimum absolute atomic E-state index is 0.126. The van der Waals surface area contributed by atoms with Crippen LogP contribution in [0.15, 0.2) is 52.3 Å². The molecule has 0 saturated carbocycles. The number of benzene rings is 2. The molecule has 0 bridgehead atoms. The second kappa shape index (κ2) is 6.46. The SMILES string of the molecule is Cc1ccc(S(=O)(=O)c2ccccc2C(C)(C)C)cc1OCC1CO1. The van der Waals surface area contributed by atoms with Gasteiger partial charge in [0.15, 0.2) is 0 Å². The minimum atomic E-state index is -3.63. The van der Waals surface area contributed by atoms with Gasteiger partial charge < -0.3 is 9.47 Å². The van der Waals surface area contributed by atoms with Gasteiger partial charge in [-0.3, -0.25) is 0 Å². The maximum absolute atomic E-state index is 13.2. The van der Waals surface area contributed by atoms with Gasteiger partial charge in [0.1, 0.15) is 18.5 Å². The van der Waals surface area contributed by atoms with Gasteiger partial charge in [-0.05, 0) is 41.7 Å². The summed E-state index contributed by atoms with van der Waals surface area (Å²) in [6.45, 7) is 9.10. The van der Waals surface area contributed by atoms with Gasteiger partial charge in [-0.25, -0.2) is 8.42 Å². The third-order valence-corrected chi connectivity index (χ3v) is 6.09. The van der Waals surface area contributed by atoms with Crippen LogP contribution in [0.5, 0.6) is 5.75 Å². The highest BCUT2D eigenvalue weighted by Gasteiger charge is 2.28. The Balaban J connectivity index is 2.02. The van der Waals surface area contributed by atoms with Crippen LogP contribution in [0, 0.1) is 6.92 Å². The van der Waals surface area contributed by atoms with Gasteiger partial charge in [0, 0.05) is 0 Å². The first kappa shape index (κ1) is 18.0. The molecule has 3 rings (SSSR count). The smallest absolute Gasteiger partial charge is 0.207 e. The van der Waals surface area contributed by atoms with Crippen molar-refractivity contribution in [2.75, 3.05) is 13.2 Å². The molecule has 1 fully saturated rings. The summed E-state index contributed by atoms with van der Waals surface area (Å²) in [5.74, 6) is 0.588. The summed E-state index contributed by atoms with van der Waals surface area (Å²) in [6, 6.07) is 12.2. The lowest BCUT2D eigenvalue weighted by atomic mass is 9.87. The van der Waals surface area contributed by atoms with E-state index in [4.69, 9.17) is 9.47 Å². The number of rotatable bonds is 5. The molecule has 5 heteroatoms. The molecular formula is C20H24O4S. The molecule has 2 aromatic carbocycles. The van der Waals surface area contributed by atoms with Gasteiger partial charge in [0.05, 0.1) is 16.4 Å². The number of ether oxygens (including phenoxy) is 2. The Morgan fingerprint density at radius 2 is 1.84 bits per heavy atom. The summed E-state index contributed by atoms with van der Waals surface area (Å²) in [7, 11) is -3.63. The Labute approximate surface area is 149 Å². The molecule has 0 spiro atoms. The van der Waals surface area contributed by atoms with E-state index >= 15 is 0 Å². The maximum Gasteiger partial charge on any atom is 0.207 e. The highest BCUT2D eigenvalue weighted by Crippen LogP contribution is 2.34. The van der Waals surface area contributed by atoms with Crippen molar-refractivity contribution in [3.63, 3.8) is 0 Å². The number of epoxide rings is 1. The summed E-state index contributed by atoms with van der Waals surface area (Å²) < 4.78 is 37.4. The Morgan fingerprint density at radius 3 is 2.48 bits per heavy atom. The van der Waals surface area contributed by atoms with E-state index in [2.05, 4.69) is 0 Å². The molecule has 1 atom stereocenters. The monoisotopic (exact) mass is 360 g/mol. The van der Waals surface area contributed by atoms with E-state index in [-0.39, 0.29) is 16.4 Å². The quantitative estimate of drug-likeness (QED) is 0.759. The van der Waals surface area contributed by atoms with Crippen LogP contribution in [0.3, 0.4) is 0 Å². The molecule has 1 unspecified atom stereocenters. The molecule has 134 valence electrons. The Bertz CT molecular complexity index is 875. The molecule has 0 aliphatic carbocycles. The maximum atomic E-state index is 13.2. The topological polar surface area (TPSA) is 55.9 Å². The van der Waals surface area contributed by atoms with E-state index in [0.29, 0.717) is 23.9 Å². The predicted molar refractivity (Wildman–Crippen MR) is 97.0 cm³/mol. The fourth-order valence-corrected chi connectivity index (χ4v) is 4.38. The molecule has 25 heavy (non-hydrogen) atoms. The lowest BCUT2D eigenvalue weighted by molar-refractivity contribution is 0.261. The number of hydrogen-bond acceptors (Lipinski definition) is 4. The fraction of sp³-hybridized carbons (Fsp3) is 0.400. The van der Waals surface area contributed by atoms with Crippen molar-refractivity contribution in [3.8, 4) is 5.75 Å². The Hall–Kier alpha value is -1.85. The van der Waals surface area contributed by atoms with Gasteiger partial charge in [-0.1, -0.05) is 45.0 Å². The van der Waals surface area contributed by atoms with E-state index in [1.54, 1.807) is 30.3 Å². The largest absolute Gasteiger partial charge is 0.490 e. The summed E-state index contributed by atoms with van der Waals surface area (Å²) >= 11 is 0. The first-order chi connectivity index (χ1) is 11.7. The number of aryl methyl sites for hydroxylation is 1. The highest BCUT2D eigenvalue weighted by molar-refractivity contribution is 7.91. The van der Waals surface area contributed by atoms with Crippen LogP contribution in [0.25, 0.3) is 0 Å². The van der Waals surface area contributed by atoms with Gasteiger partial charge >= 0.3 is 0 Å². The lowest BCUT2D eigenvalue weighted by Crippen LogP contribution is -2.17. The third kappa shape index (κ3) is 3.88. The first-order valence-corrected chi connectivity index (χ1v) is 9.87. The van der Waals surface area contributed by atoms with Crippen molar-refractivity contribution in [1.29, 1.82) is 0 Å². The van der Waals surface area contributed by atoms with E-state index in [0.717, 1.165) is 11.1 Å². The lowest BCUT2D eigenvalue weighted by Gasteiger charge is -2.23. The van der Waals surface area contributed by atoms with Crippen molar-refractivity contribution < 1.29 is 17.9 Å². The summed E-state index contributed by atoms with van der Waals surface area (Å²) in [5.41, 5.74) is 1.45. The van der Waals surface area contributed by atoms with Crippen molar-refractivity contribution >= 4 is 9.84 Å². The second-order valence-electron chi connectivity index (χ2n) is 7.44. The van der Waals surface area contributed by atoms with Crippen LogP contribution in [-0.2, 0) is 20.0 Å². The second-order valence-corrected chi connectivity index (χ2v) is 9.36.